The Bertz CT molecular complexity index is 1420. The number of ether oxygens (including phenoxy) is 4. The van der Waals surface area contributed by atoms with E-state index in [1.807, 2.05) is 38.1 Å². The van der Waals surface area contributed by atoms with E-state index in [1.165, 1.54) is 45.0 Å². The average molecular weight is 662 g/mol. The zero-order valence-corrected chi connectivity index (χ0v) is 27.6. The first-order valence-corrected chi connectivity index (χ1v) is 15.8. The average Bonchev–Trinajstić information content (AvgIpc) is 3.81. The zero-order valence-electron chi connectivity index (χ0n) is 26.8. The number of aryl methyl sites for hydroxylation is 1. The Labute approximate surface area is 271 Å². The summed E-state index contributed by atoms with van der Waals surface area (Å²) in [5.41, 5.74) is 0.780. The number of urea groups is 1. The van der Waals surface area contributed by atoms with Gasteiger partial charge in [-0.1, -0.05) is 24.6 Å². The first-order chi connectivity index (χ1) is 21.9. The van der Waals surface area contributed by atoms with E-state index in [-0.39, 0.29) is 17.1 Å². The smallest absolute Gasteiger partial charge is 0.330 e. The Morgan fingerprint density at radius 3 is 2.28 bits per heavy atom. The predicted octanol–water partition coefficient (Wildman–Crippen LogP) is 3.24. The quantitative estimate of drug-likeness (QED) is 0.125. The number of hydrogen-bond acceptors (Lipinski definition) is 10. The number of likely N-dealkylation sites (N-methyl/N-ethyl adjacent to an activating group) is 1. The van der Waals surface area contributed by atoms with Gasteiger partial charge < -0.3 is 33.5 Å². The molecule has 0 radical (unpaired) electrons. The van der Waals surface area contributed by atoms with Crippen molar-refractivity contribution >= 4 is 46.3 Å². The first kappa shape index (κ1) is 36.4. The number of carbonyl (C=O) groups excluding carboxylic acids is 4. The molecular weight excluding hydrogens is 620 g/mol. The van der Waals surface area contributed by atoms with Crippen molar-refractivity contribution in [2.45, 2.75) is 52.3 Å². The lowest BCUT2D eigenvalue weighted by Gasteiger charge is -2.27. The summed E-state index contributed by atoms with van der Waals surface area (Å²) >= 11 is -2.57. The van der Waals surface area contributed by atoms with Crippen molar-refractivity contribution in [2.24, 2.45) is 5.41 Å². The molecule has 2 aromatic carbocycles. The maximum atomic E-state index is 13.4. The SMILES string of the molecule is CCC1(C(=O)C(C(=O)Nc2ccc(NS(=O)[O-])cc2OC)N2C(=O)C(OC)N(C)C2=O)CC1.CCOCCOc1ccc(C)cc1. The summed E-state index contributed by atoms with van der Waals surface area (Å²) in [6.45, 7) is 7.88. The summed E-state index contributed by atoms with van der Waals surface area (Å²) in [7, 11) is 3.90. The lowest BCUT2D eigenvalue weighted by molar-refractivity contribution is -0.147. The molecule has 1 heterocycles. The molecule has 14 nitrogen and oxygen atoms in total. The van der Waals surface area contributed by atoms with Gasteiger partial charge in [-0.25, -0.2) is 9.69 Å². The topological polar surface area (TPSA) is 176 Å². The molecule has 1 aliphatic heterocycles. The van der Waals surface area contributed by atoms with Crippen LogP contribution >= 0.6 is 0 Å². The van der Waals surface area contributed by atoms with Gasteiger partial charge in [-0.3, -0.25) is 23.5 Å². The van der Waals surface area contributed by atoms with Gasteiger partial charge in [0.25, 0.3) is 11.8 Å². The highest BCUT2D eigenvalue weighted by Gasteiger charge is 2.58. The number of carbonyl (C=O) groups is 4. The molecule has 0 bridgehead atoms. The van der Waals surface area contributed by atoms with Crippen molar-refractivity contribution in [1.82, 2.24) is 9.80 Å². The van der Waals surface area contributed by atoms with E-state index < -0.39 is 52.6 Å². The minimum atomic E-state index is -2.57. The van der Waals surface area contributed by atoms with E-state index in [4.69, 9.17) is 18.9 Å². The molecular formula is C31H41N4O10S-. The predicted molar refractivity (Wildman–Crippen MR) is 169 cm³/mol. The highest BCUT2D eigenvalue weighted by Crippen LogP contribution is 2.51. The molecule has 4 rings (SSSR count). The molecule has 3 unspecified atom stereocenters. The van der Waals surface area contributed by atoms with Crippen LogP contribution in [0.3, 0.4) is 0 Å². The molecule has 46 heavy (non-hydrogen) atoms. The van der Waals surface area contributed by atoms with Crippen molar-refractivity contribution in [2.75, 3.05) is 51.1 Å². The minimum absolute atomic E-state index is 0.104. The highest BCUT2D eigenvalue weighted by molar-refractivity contribution is 7.80. The number of hydrogen-bond donors (Lipinski definition) is 2. The van der Waals surface area contributed by atoms with Crippen molar-refractivity contribution in [3.63, 3.8) is 0 Å². The van der Waals surface area contributed by atoms with E-state index in [1.54, 1.807) is 0 Å². The van der Waals surface area contributed by atoms with Crippen LogP contribution in [-0.2, 0) is 35.1 Å². The van der Waals surface area contributed by atoms with Crippen LogP contribution in [0.2, 0.25) is 0 Å². The summed E-state index contributed by atoms with van der Waals surface area (Å²) in [4.78, 5) is 54.1. The van der Waals surface area contributed by atoms with E-state index in [2.05, 4.69) is 17.0 Å². The highest BCUT2D eigenvalue weighted by atomic mass is 32.2. The second kappa shape index (κ2) is 16.5. The third kappa shape index (κ3) is 8.81. The van der Waals surface area contributed by atoms with Crippen LogP contribution in [-0.4, -0.2) is 95.5 Å². The van der Waals surface area contributed by atoms with Crippen LogP contribution in [0.5, 0.6) is 11.5 Å². The van der Waals surface area contributed by atoms with E-state index in [0.717, 1.165) is 17.3 Å². The van der Waals surface area contributed by atoms with Crippen LogP contribution < -0.4 is 19.5 Å². The normalized spacial score (nSPS) is 17.8. The Morgan fingerprint density at radius 2 is 1.76 bits per heavy atom. The number of benzene rings is 2. The lowest BCUT2D eigenvalue weighted by Crippen LogP contribution is -2.54. The van der Waals surface area contributed by atoms with Gasteiger partial charge in [0.05, 0.1) is 19.4 Å². The summed E-state index contributed by atoms with van der Waals surface area (Å²) in [6, 6.07) is 9.58. The van der Waals surface area contributed by atoms with Gasteiger partial charge in [0.1, 0.15) is 18.1 Å². The molecule has 2 aliphatic rings. The number of imide groups is 1. The molecule has 1 saturated carbocycles. The van der Waals surface area contributed by atoms with Crippen LogP contribution in [0, 0.1) is 12.3 Å². The molecule has 3 atom stereocenters. The molecule has 1 saturated heterocycles. The van der Waals surface area contributed by atoms with Crippen LogP contribution in [0.4, 0.5) is 16.2 Å². The van der Waals surface area contributed by atoms with Gasteiger partial charge in [-0.15, -0.1) is 0 Å². The fourth-order valence-electron chi connectivity index (χ4n) is 4.87. The van der Waals surface area contributed by atoms with Crippen molar-refractivity contribution < 1.29 is 46.9 Å². The molecule has 2 N–H and O–H groups in total. The third-order valence-corrected chi connectivity index (χ3v) is 8.12. The van der Waals surface area contributed by atoms with Crippen molar-refractivity contribution in [1.29, 1.82) is 0 Å². The fraction of sp³-hybridized carbons (Fsp3) is 0.484. The summed E-state index contributed by atoms with van der Waals surface area (Å²) in [6.07, 6.45) is 0.333. The molecule has 2 fully saturated rings. The standard InChI is InChI=1S/C20H26N4O8S.C11H16O2/c1-5-20(8-9-20)15(25)14(24-17(27)18(32-4)23(2)19(24)28)16(26)21-12-7-6-11(22-33(29)30)10-13(12)31-3;1-3-12-8-9-13-11-6-4-10(2)5-7-11/h6-7,10,14,18,22H,5,8-9H2,1-4H3,(H,21,26)(H,29,30);4-7H,3,8-9H2,1-2H3/p-1. The van der Waals surface area contributed by atoms with Crippen molar-refractivity contribution in [3.05, 3.63) is 48.0 Å². The van der Waals surface area contributed by atoms with Gasteiger partial charge >= 0.3 is 6.03 Å². The monoisotopic (exact) mass is 661 g/mol. The summed E-state index contributed by atoms with van der Waals surface area (Å²) in [5, 5.41) is 2.54. The number of nitrogens with zero attached hydrogens (tertiary/aromatic N) is 2. The number of nitrogens with one attached hydrogen (secondary N) is 2. The molecule has 2 aromatic rings. The Kier molecular flexibility index (Phi) is 13.1. The molecule has 15 heteroatoms. The Morgan fingerprint density at radius 1 is 1.09 bits per heavy atom. The number of Topliss-reactive ketones (excluding diaryl/α,β-unsaturated/α-hetero) is 1. The Hall–Kier alpha value is -4.05. The number of rotatable bonds is 15. The van der Waals surface area contributed by atoms with E-state index >= 15 is 0 Å². The number of anilines is 2. The van der Waals surface area contributed by atoms with Gasteiger partial charge in [0.15, 0.2) is 11.8 Å². The number of amides is 4. The maximum absolute atomic E-state index is 13.4. The van der Waals surface area contributed by atoms with Crippen LogP contribution in [0.15, 0.2) is 42.5 Å². The van der Waals surface area contributed by atoms with Crippen LogP contribution in [0.1, 0.15) is 38.7 Å². The van der Waals surface area contributed by atoms with Gasteiger partial charge in [-0.2, -0.15) is 0 Å². The first-order valence-electron chi connectivity index (χ1n) is 14.7. The van der Waals surface area contributed by atoms with E-state index in [9.17, 15) is 27.9 Å². The maximum Gasteiger partial charge on any atom is 0.330 e. The number of ketones is 1. The minimum Gasteiger partial charge on any atom is -0.755 e. The number of methoxy groups -OCH3 is 2. The molecule has 0 aromatic heterocycles. The molecule has 1 aliphatic carbocycles. The molecule has 0 spiro atoms. The van der Waals surface area contributed by atoms with Crippen molar-refractivity contribution in [3.8, 4) is 11.5 Å². The zero-order chi connectivity index (χ0) is 34.0. The summed E-state index contributed by atoms with van der Waals surface area (Å²) < 4.78 is 44.8. The Balaban J connectivity index is 0.000000370. The van der Waals surface area contributed by atoms with Gasteiger partial charge in [0, 0.05) is 49.2 Å². The summed E-state index contributed by atoms with van der Waals surface area (Å²) in [5.74, 6) is -1.21. The second-order valence-corrected chi connectivity index (χ2v) is 11.4. The van der Waals surface area contributed by atoms with Gasteiger partial charge in [-0.05, 0) is 57.4 Å². The largest absolute Gasteiger partial charge is 0.755 e. The van der Waals surface area contributed by atoms with Gasteiger partial charge in [0.2, 0.25) is 6.23 Å². The molecule has 4 amide bonds. The molecule has 252 valence electrons. The van der Waals surface area contributed by atoms with E-state index in [0.29, 0.717) is 37.4 Å². The lowest BCUT2D eigenvalue weighted by atomic mass is 9.91. The second-order valence-electron chi connectivity index (χ2n) is 10.7. The fourth-order valence-corrected chi connectivity index (χ4v) is 5.19. The van der Waals surface area contributed by atoms with Crippen LogP contribution in [0.25, 0.3) is 0 Å². The third-order valence-electron chi connectivity index (χ3n) is 7.72.